The summed E-state index contributed by atoms with van der Waals surface area (Å²) < 4.78 is 5.61. The van der Waals surface area contributed by atoms with Gasteiger partial charge in [-0.05, 0) is 31.5 Å². The molecule has 136 valence electrons. The van der Waals surface area contributed by atoms with Gasteiger partial charge in [0.25, 0.3) is 5.91 Å². The molecule has 24 heavy (non-hydrogen) atoms. The lowest BCUT2D eigenvalue weighted by Crippen LogP contribution is -2.52. The molecule has 1 amide bonds. The highest BCUT2D eigenvalue weighted by Crippen LogP contribution is 2.22. The van der Waals surface area contributed by atoms with Gasteiger partial charge in [0, 0.05) is 7.05 Å². The summed E-state index contributed by atoms with van der Waals surface area (Å²) in [5.41, 5.74) is 14.3. The lowest BCUT2D eigenvalue weighted by Gasteiger charge is -2.29. The van der Waals surface area contributed by atoms with E-state index in [9.17, 15) is 9.90 Å². The normalized spacial score (nSPS) is 21.1. The van der Waals surface area contributed by atoms with Crippen LogP contribution in [0.4, 0.5) is 0 Å². The predicted molar refractivity (Wildman–Crippen MR) is 94.7 cm³/mol. The summed E-state index contributed by atoms with van der Waals surface area (Å²) in [4.78, 5) is 12.9. The lowest BCUT2D eigenvalue weighted by molar-refractivity contribution is -0.148. The number of carbonyl (C=O) groups is 1. The van der Waals surface area contributed by atoms with Crippen LogP contribution in [0.15, 0.2) is 11.4 Å². The van der Waals surface area contributed by atoms with E-state index in [1.54, 1.807) is 7.05 Å². The fourth-order valence-corrected chi connectivity index (χ4v) is 2.50. The Morgan fingerprint density at radius 2 is 2.12 bits per heavy atom. The number of hydrogen-bond acceptors (Lipinski definition) is 7. The minimum Gasteiger partial charge on any atom is -0.395 e. The summed E-state index contributed by atoms with van der Waals surface area (Å²) in [6.45, 7) is 1.80. The molecule has 0 aromatic rings. The minimum absolute atomic E-state index is 0.00777. The van der Waals surface area contributed by atoms with E-state index >= 15 is 0 Å². The monoisotopic (exact) mass is 358 g/mol. The van der Waals surface area contributed by atoms with Gasteiger partial charge in [0.15, 0.2) is 5.11 Å². The Balaban J connectivity index is 3.07. The maximum absolute atomic E-state index is 12.9. The number of nitrogens with one attached hydrogen (secondary N) is 3. The molecule has 9 nitrogen and oxygen atoms in total. The molecule has 1 saturated heterocycles. The van der Waals surface area contributed by atoms with Crippen LogP contribution in [0.25, 0.3) is 0 Å². The summed E-state index contributed by atoms with van der Waals surface area (Å²) in [6, 6.07) is 0. The first kappa shape index (κ1) is 20.3. The van der Waals surface area contributed by atoms with E-state index in [0.717, 1.165) is 0 Å². The molecule has 1 rings (SSSR count). The van der Waals surface area contributed by atoms with Gasteiger partial charge in [0.1, 0.15) is 11.9 Å². The molecule has 1 aliphatic rings. The second-order valence-corrected chi connectivity index (χ2v) is 5.82. The van der Waals surface area contributed by atoms with Crippen molar-refractivity contribution in [3.63, 3.8) is 0 Å². The van der Waals surface area contributed by atoms with Crippen molar-refractivity contribution in [1.29, 1.82) is 5.41 Å². The molecule has 8 N–H and O–H groups in total. The van der Waals surface area contributed by atoms with Gasteiger partial charge < -0.3 is 32.0 Å². The highest BCUT2D eigenvalue weighted by atomic mass is 32.1. The first-order valence-electron chi connectivity index (χ1n) is 7.76. The number of nitrogens with two attached hydrogens (primary N) is 2. The molecule has 1 aliphatic heterocycles. The maximum Gasteiger partial charge on any atom is 0.289 e. The zero-order chi connectivity index (χ0) is 18.3. The minimum atomic E-state index is -0.559. The average molecular weight is 358 g/mol. The second-order valence-electron chi connectivity index (χ2n) is 5.38. The molecule has 0 aromatic heterocycles. The van der Waals surface area contributed by atoms with Gasteiger partial charge in [0.05, 0.1) is 24.1 Å². The standard InChI is InChI=1S/C14H26N6O3S/c1-3-4-9(15)11(16)12(19-14(17)24)13(22)20(18-2)10-6-5-8(7-21)23-10/h8,10,15,18,21H,3-7,16H2,1-2H3,(H3,17,19,24)/b12-11+,15-9?. The summed E-state index contributed by atoms with van der Waals surface area (Å²) in [5, 5.41) is 20.8. The fraction of sp³-hybridized carbons (Fsp3) is 0.643. The van der Waals surface area contributed by atoms with Crippen LogP contribution in [0, 0.1) is 5.41 Å². The van der Waals surface area contributed by atoms with Crippen molar-refractivity contribution in [2.75, 3.05) is 13.7 Å². The van der Waals surface area contributed by atoms with Gasteiger partial charge in [-0.3, -0.25) is 4.79 Å². The number of amides is 1. The first-order valence-corrected chi connectivity index (χ1v) is 8.17. The third-order valence-corrected chi connectivity index (χ3v) is 3.70. The Morgan fingerprint density at radius 3 is 2.58 bits per heavy atom. The van der Waals surface area contributed by atoms with Crippen molar-refractivity contribution in [3.8, 4) is 0 Å². The van der Waals surface area contributed by atoms with Crippen LogP contribution in [0.5, 0.6) is 0 Å². The molecule has 1 fully saturated rings. The van der Waals surface area contributed by atoms with E-state index in [1.165, 1.54) is 5.01 Å². The molecule has 0 aliphatic carbocycles. The molecule has 0 spiro atoms. The summed E-state index contributed by atoms with van der Waals surface area (Å²) >= 11 is 4.81. The van der Waals surface area contributed by atoms with E-state index in [2.05, 4.69) is 10.7 Å². The van der Waals surface area contributed by atoms with Gasteiger partial charge in [-0.25, -0.2) is 10.4 Å². The van der Waals surface area contributed by atoms with Crippen LogP contribution >= 0.6 is 12.2 Å². The Morgan fingerprint density at radius 1 is 1.46 bits per heavy atom. The molecular formula is C14H26N6O3S. The fourth-order valence-electron chi connectivity index (χ4n) is 2.40. The van der Waals surface area contributed by atoms with Gasteiger partial charge in [-0.15, -0.1) is 0 Å². The summed E-state index contributed by atoms with van der Waals surface area (Å²) in [7, 11) is 1.57. The third kappa shape index (κ3) is 5.13. The zero-order valence-electron chi connectivity index (χ0n) is 14.0. The van der Waals surface area contributed by atoms with Crippen LogP contribution < -0.4 is 22.2 Å². The van der Waals surface area contributed by atoms with Crippen molar-refractivity contribution in [2.45, 2.75) is 44.9 Å². The smallest absolute Gasteiger partial charge is 0.289 e. The molecular weight excluding hydrogens is 332 g/mol. The third-order valence-electron chi connectivity index (χ3n) is 3.59. The van der Waals surface area contributed by atoms with Crippen molar-refractivity contribution in [1.82, 2.24) is 15.8 Å². The number of aliphatic hydroxyl groups is 1. The Labute approximate surface area is 146 Å². The largest absolute Gasteiger partial charge is 0.395 e. The van der Waals surface area contributed by atoms with Crippen LogP contribution in [0.3, 0.4) is 0 Å². The number of aliphatic hydroxyl groups excluding tert-OH is 1. The van der Waals surface area contributed by atoms with Crippen molar-refractivity contribution in [3.05, 3.63) is 11.4 Å². The van der Waals surface area contributed by atoms with Crippen molar-refractivity contribution in [2.24, 2.45) is 11.5 Å². The molecule has 1 heterocycles. The highest BCUT2D eigenvalue weighted by molar-refractivity contribution is 7.80. The SMILES string of the molecule is CCCC(=N)/C(N)=C(\NC(N)=S)C(=O)N(NC)C1CCC(CO)O1. The van der Waals surface area contributed by atoms with E-state index in [0.29, 0.717) is 25.7 Å². The van der Waals surface area contributed by atoms with Crippen molar-refractivity contribution < 1.29 is 14.6 Å². The van der Waals surface area contributed by atoms with Gasteiger partial charge >= 0.3 is 0 Å². The average Bonchev–Trinajstić information content (AvgIpc) is 3.01. The van der Waals surface area contributed by atoms with E-state index < -0.39 is 12.1 Å². The number of nitrogens with zero attached hydrogens (tertiary/aromatic N) is 1. The van der Waals surface area contributed by atoms with E-state index in [4.69, 9.17) is 33.8 Å². The van der Waals surface area contributed by atoms with Crippen LogP contribution in [0.2, 0.25) is 0 Å². The number of allylic oxidation sites excluding steroid dienone is 1. The van der Waals surface area contributed by atoms with Gasteiger partial charge in [0.2, 0.25) is 0 Å². The van der Waals surface area contributed by atoms with E-state index in [-0.39, 0.29) is 34.9 Å². The summed E-state index contributed by atoms with van der Waals surface area (Å²) in [6.07, 6.45) is 1.46. The molecule has 0 saturated carbocycles. The molecule has 0 radical (unpaired) electrons. The Kier molecular flexibility index (Phi) is 8.05. The predicted octanol–water partition coefficient (Wildman–Crippen LogP) is -0.730. The van der Waals surface area contributed by atoms with Crippen molar-refractivity contribution >= 4 is 28.9 Å². The molecule has 10 heteroatoms. The number of ether oxygens (including phenoxy) is 1. The number of thiocarbonyl (C=S) groups is 1. The first-order chi connectivity index (χ1) is 11.3. The molecule has 0 bridgehead atoms. The number of carbonyl (C=O) groups excluding carboxylic acids is 1. The lowest BCUT2D eigenvalue weighted by atomic mass is 10.1. The number of hydrogen-bond donors (Lipinski definition) is 6. The number of rotatable bonds is 8. The van der Waals surface area contributed by atoms with Crippen LogP contribution in [-0.2, 0) is 9.53 Å². The topological polar surface area (TPSA) is 150 Å². The Bertz CT molecular complexity index is 525. The van der Waals surface area contributed by atoms with Crippen LogP contribution in [0.1, 0.15) is 32.6 Å². The summed E-state index contributed by atoms with van der Waals surface area (Å²) in [5.74, 6) is -0.535. The zero-order valence-corrected chi connectivity index (χ0v) is 14.8. The maximum atomic E-state index is 12.9. The van der Waals surface area contributed by atoms with Crippen LogP contribution in [-0.4, -0.2) is 52.8 Å². The van der Waals surface area contributed by atoms with Gasteiger partial charge in [-0.2, -0.15) is 0 Å². The quantitative estimate of drug-likeness (QED) is 0.144. The molecule has 0 aromatic carbocycles. The van der Waals surface area contributed by atoms with Gasteiger partial charge in [-0.1, -0.05) is 13.3 Å². The number of hydrazine groups is 1. The Hall–Kier alpha value is -1.75. The second kappa shape index (κ2) is 9.52. The highest BCUT2D eigenvalue weighted by Gasteiger charge is 2.34. The van der Waals surface area contributed by atoms with E-state index in [1.807, 2.05) is 6.92 Å². The molecule has 2 unspecified atom stereocenters. The molecule has 2 atom stereocenters.